The Morgan fingerprint density at radius 3 is 2.41 bits per heavy atom. The molecule has 4 heterocycles. The van der Waals surface area contributed by atoms with Crippen LogP contribution in [0.4, 0.5) is 43.9 Å². The zero-order valence-corrected chi connectivity index (χ0v) is 17.1. The van der Waals surface area contributed by atoms with Crippen molar-refractivity contribution in [2.24, 2.45) is 5.92 Å². The molecule has 0 radical (unpaired) electrons. The van der Waals surface area contributed by atoms with E-state index < -0.39 is 23.7 Å². The largest absolute Gasteiger partial charge is 0.433 e. The fourth-order valence-electron chi connectivity index (χ4n) is 3.23. The number of rotatable bonds is 4. The Labute approximate surface area is 188 Å². The van der Waals surface area contributed by atoms with Crippen molar-refractivity contribution in [3.8, 4) is 17.6 Å². The fraction of sp³-hybridized carbons (Fsp3) is 0.300. The molecule has 0 amide bonds. The van der Waals surface area contributed by atoms with Gasteiger partial charge in [0.25, 0.3) is 0 Å². The fourth-order valence-corrected chi connectivity index (χ4v) is 3.23. The Hall–Kier alpha value is -4.02. The average Bonchev–Trinajstić information content (AvgIpc) is 3.28. The zero-order valence-electron chi connectivity index (χ0n) is 17.1. The zero-order chi connectivity index (χ0) is 24.5. The van der Waals surface area contributed by atoms with Crippen LogP contribution in [0.3, 0.4) is 0 Å². The molecule has 0 unspecified atom stereocenters. The maximum Gasteiger partial charge on any atom is 0.433 e. The molecule has 0 spiro atoms. The summed E-state index contributed by atoms with van der Waals surface area (Å²) in [7, 11) is 0. The molecule has 1 aliphatic heterocycles. The Morgan fingerprint density at radius 2 is 1.74 bits per heavy atom. The van der Waals surface area contributed by atoms with Gasteiger partial charge in [-0.15, -0.1) is 0 Å². The molecule has 1 saturated heterocycles. The van der Waals surface area contributed by atoms with E-state index in [4.69, 9.17) is 5.26 Å². The minimum atomic E-state index is -4.70. The third-order valence-corrected chi connectivity index (χ3v) is 4.85. The Kier molecular flexibility index (Phi) is 5.94. The predicted octanol–water partition coefficient (Wildman–Crippen LogP) is 4.46. The number of nitrogens with one attached hydrogen (secondary N) is 1. The molecule has 0 aliphatic carbocycles. The van der Waals surface area contributed by atoms with Gasteiger partial charge >= 0.3 is 12.4 Å². The van der Waals surface area contributed by atoms with Gasteiger partial charge in [0, 0.05) is 25.0 Å². The van der Waals surface area contributed by atoms with Gasteiger partial charge in [-0.2, -0.15) is 46.6 Å². The molecule has 3 aromatic heterocycles. The van der Waals surface area contributed by atoms with Crippen LogP contribution in [-0.4, -0.2) is 38.0 Å². The van der Waals surface area contributed by atoms with E-state index in [0.29, 0.717) is 13.0 Å². The number of aromatic nitrogens is 5. The van der Waals surface area contributed by atoms with Crippen LogP contribution in [0.2, 0.25) is 0 Å². The highest BCUT2D eigenvalue weighted by Crippen LogP contribution is 2.31. The van der Waals surface area contributed by atoms with Crippen molar-refractivity contribution in [2.75, 3.05) is 23.3 Å². The molecule has 1 fully saturated rings. The molecular formula is C20H14F6N8. The summed E-state index contributed by atoms with van der Waals surface area (Å²) >= 11 is 0. The Bertz CT molecular complexity index is 1240. The summed E-state index contributed by atoms with van der Waals surface area (Å²) in [4.78, 5) is 21.0. The van der Waals surface area contributed by atoms with Crippen molar-refractivity contribution in [1.29, 1.82) is 5.26 Å². The molecule has 14 heteroatoms. The van der Waals surface area contributed by atoms with E-state index in [1.54, 1.807) is 4.90 Å². The minimum absolute atomic E-state index is 0.0428. The first-order valence-corrected chi connectivity index (χ1v) is 9.78. The molecule has 34 heavy (non-hydrogen) atoms. The number of nitriles is 1. The lowest BCUT2D eigenvalue weighted by Gasteiger charge is -2.17. The van der Waals surface area contributed by atoms with Gasteiger partial charge in [0.15, 0.2) is 5.82 Å². The third-order valence-electron chi connectivity index (χ3n) is 4.85. The molecule has 176 valence electrons. The van der Waals surface area contributed by atoms with E-state index in [9.17, 15) is 26.3 Å². The minimum Gasteiger partial charge on any atom is -0.339 e. The normalized spacial score (nSPS) is 16.4. The summed E-state index contributed by atoms with van der Waals surface area (Å²) in [6, 6.07) is 7.33. The van der Waals surface area contributed by atoms with E-state index in [-0.39, 0.29) is 41.6 Å². The second-order valence-corrected chi connectivity index (χ2v) is 7.30. The van der Waals surface area contributed by atoms with Gasteiger partial charge in [-0.25, -0.2) is 4.98 Å². The second-order valence-electron chi connectivity index (χ2n) is 7.30. The van der Waals surface area contributed by atoms with Crippen molar-refractivity contribution in [3.63, 3.8) is 0 Å². The maximum absolute atomic E-state index is 13.1. The molecule has 8 nitrogen and oxygen atoms in total. The number of nitrogens with zero attached hydrogens (tertiary/aromatic N) is 7. The van der Waals surface area contributed by atoms with Gasteiger partial charge in [-0.3, -0.25) is 4.98 Å². The monoisotopic (exact) mass is 480 g/mol. The highest BCUT2D eigenvalue weighted by atomic mass is 19.4. The third kappa shape index (κ3) is 5.13. The number of halogens is 6. The van der Waals surface area contributed by atoms with Crippen LogP contribution >= 0.6 is 0 Å². The van der Waals surface area contributed by atoms with E-state index in [1.807, 2.05) is 0 Å². The number of anilines is 3. The second kappa shape index (κ2) is 8.73. The van der Waals surface area contributed by atoms with Gasteiger partial charge < -0.3 is 10.2 Å². The molecule has 1 atom stereocenters. The van der Waals surface area contributed by atoms with Gasteiger partial charge in [0.05, 0.1) is 12.0 Å². The lowest BCUT2D eigenvalue weighted by Crippen LogP contribution is -2.23. The highest BCUT2D eigenvalue weighted by molar-refractivity contribution is 5.59. The molecule has 1 aliphatic rings. The molecule has 3 aromatic rings. The summed E-state index contributed by atoms with van der Waals surface area (Å²) in [6.07, 6.45) is -7.91. The van der Waals surface area contributed by atoms with Crippen LogP contribution in [0, 0.1) is 17.2 Å². The van der Waals surface area contributed by atoms with Crippen LogP contribution in [0.15, 0.2) is 36.5 Å². The van der Waals surface area contributed by atoms with Crippen LogP contribution < -0.4 is 10.2 Å². The molecule has 0 bridgehead atoms. The van der Waals surface area contributed by atoms with Gasteiger partial charge in [-0.1, -0.05) is 6.07 Å². The van der Waals surface area contributed by atoms with Crippen molar-refractivity contribution < 1.29 is 26.3 Å². The quantitative estimate of drug-likeness (QED) is 0.546. The van der Waals surface area contributed by atoms with Crippen molar-refractivity contribution in [3.05, 3.63) is 47.9 Å². The number of alkyl halides is 6. The number of hydrogen-bond donors (Lipinski definition) is 1. The van der Waals surface area contributed by atoms with Crippen LogP contribution in [0.1, 0.15) is 17.8 Å². The van der Waals surface area contributed by atoms with Gasteiger partial charge in [-0.05, 0) is 30.7 Å². The summed E-state index contributed by atoms with van der Waals surface area (Å²) in [5, 5.41) is 11.8. The molecule has 1 N–H and O–H groups in total. The standard InChI is InChI=1S/C20H14F6N8/c21-19(22,23)14-3-1-2-13(30-14)16-31-17(29-12-4-6-28-15(8-12)20(24,25)26)33-18(32-16)34-7-5-11(9-27)10-34/h1-4,6,8,11H,5,7,10H2,(H,28,29,31,32,33)/t11-/m1/s1. The smallest absolute Gasteiger partial charge is 0.339 e. The van der Waals surface area contributed by atoms with E-state index in [0.717, 1.165) is 24.4 Å². The van der Waals surface area contributed by atoms with Gasteiger partial charge in [0.1, 0.15) is 17.1 Å². The van der Waals surface area contributed by atoms with Crippen molar-refractivity contribution in [1.82, 2.24) is 24.9 Å². The van der Waals surface area contributed by atoms with Crippen LogP contribution in [0.5, 0.6) is 0 Å². The first-order chi connectivity index (χ1) is 16.0. The summed E-state index contributed by atoms with van der Waals surface area (Å²) in [5.41, 5.74) is -2.55. The first-order valence-electron chi connectivity index (χ1n) is 9.78. The molecule has 4 rings (SSSR count). The number of hydrogen-bond acceptors (Lipinski definition) is 8. The SMILES string of the molecule is N#C[C@H]1CCN(c2nc(Nc3ccnc(C(F)(F)F)c3)nc(-c3cccc(C(F)(F)F)n3)n2)C1. The van der Waals surface area contributed by atoms with E-state index >= 15 is 0 Å². The van der Waals surface area contributed by atoms with Crippen LogP contribution in [-0.2, 0) is 12.4 Å². The summed E-state index contributed by atoms with van der Waals surface area (Å²) in [5.74, 6) is -0.671. The van der Waals surface area contributed by atoms with Gasteiger partial charge in [0.2, 0.25) is 11.9 Å². The lowest BCUT2D eigenvalue weighted by atomic mass is 10.1. The summed E-state index contributed by atoms with van der Waals surface area (Å²) in [6.45, 7) is 0.688. The molecular weight excluding hydrogens is 466 g/mol. The summed E-state index contributed by atoms with van der Waals surface area (Å²) < 4.78 is 78.4. The maximum atomic E-state index is 13.1. The molecule has 0 aromatic carbocycles. The molecule has 0 saturated carbocycles. The number of pyridine rings is 2. The van der Waals surface area contributed by atoms with E-state index in [2.05, 4.69) is 36.3 Å². The average molecular weight is 480 g/mol. The van der Waals surface area contributed by atoms with Crippen molar-refractivity contribution in [2.45, 2.75) is 18.8 Å². The Balaban J connectivity index is 1.75. The predicted molar refractivity (Wildman–Crippen MR) is 107 cm³/mol. The van der Waals surface area contributed by atoms with Crippen LogP contribution in [0.25, 0.3) is 11.5 Å². The van der Waals surface area contributed by atoms with E-state index in [1.165, 1.54) is 12.1 Å². The first kappa shape index (κ1) is 23.1. The topological polar surface area (TPSA) is 104 Å². The highest BCUT2D eigenvalue weighted by Gasteiger charge is 2.34. The lowest BCUT2D eigenvalue weighted by molar-refractivity contribution is -0.141. The Morgan fingerprint density at radius 1 is 0.971 bits per heavy atom. The van der Waals surface area contributed by atoms with Crippen molar-refractivity contribution >= 4 is 17.6 Å².